The van der Waals surface area contributed by atoms with Crippen molar-refractivity contribution in [3.05, 3.63) is 59.4 Å². The lowest BCUT2D eigenvalue weighted by atomic mass is 10.1. The molecule has 0 aliphatic rings. The smallest absolute Gasteiger partial charge is 0.234 e. The average Bonchev–Trinajstić information content (AvgIpc) is 2.97. The molecule has 0 radical (unpaired) electrons. The number of halogens is 1. The van der Waals surface area contributed by atoms with Crippen molar-refractivity contribution in [2.24, 2.45) is 7.05 Å². The molecule has 0 saturated heterocycles. The molecule has 3 aromatic rings. The predicted molar refractivity (Wildman–Crippen MR) is 102 cm³/mol. The Morgan fingerprint density at radius 2 is 1.81 bits per heavy atom. The minimum absolute atomic E-state index is 0.118. The summed E-state index contributed by atoms with van der Waals surface area (Å²) >= 11 is 1.26. The van der Waals surface area contributed by atoms with Gasteiger partial charge in [0, 0.05) is 12.6 Å². The van der Waals surface area contributed by atoms with Gasteiger partial charge in [0.25, 0.3) is 0 Å². The maximum atomic E-state index is 13.8. The van der Waals surface area contributed by atoms with E-state index in [1.165, 1.54) is 23.4 Å². The van der Waals surface area contributed by atoms with Gasteiger partial charge >= 0.3 is 0 Å². The molecule has 26 heavy (non-hydrogen) atoms. The van der Waals surface area contributed by atoms with Crippen LogP contribution >= 0.6 is 11.8 Å². The number of thioether (sulfide) groups is 1. The number of carbonyl (C=O) groups excluding carboxylic acids is 1. The van der Waals surface area contributed by atoms with E-state index in [9.17, 15) is 9.18 Å². The van der Waals surface area contributed by atoms with Gasteiger partial charge in [-0.2, -0.15) is 0 Å². The second-order valence-corrected chi connectivity index (χ2v) is 6.99. The van der Waals surface area contributed by atoms with E-state index in [1.807, 2.05) is 42.8 Å². The fourth-order valence-corrected chi connectivity index (χ4v) is 3.14. The third kappa shape index (κ3) is 4.11. The molecule has 1 aromatic heterocycles. The number of aromatic nitrogens is 3. The van der Waals surface area contributed by atoms with Gasteiger partial charge in [-0.3, -0.25) is 4.79 Å². The number of anilines is 1. The highest BCUT2D eigenvalue weighted by Crippen LogP contribution is 2.23. The third-order valence-corrected chi connectivity index (χ3v) is 4.90. The second kappa shape index (κ2) is 7.70. The van der Waals surface area contributed by atoms with Gasteiger partial charge in [0.1, 0.15) is 5.82 Å². The van der Waals surface area contributed by atoms with Crippen LogP contribution in [0.15, 0.2) is 47.6 Å². The Bertz CT molecular complexity index is 937. The maximum absolute atomic E-state index is 13.8. The summed E-state index contributed by atoms with van der Waals surface area (Å²) < 4.78 is 15.7. The van der Waals surface area contributed by atoms with Crippen molar-refractivity contribution in [1.82, 2.24) is 14.8 Å². The molecule has 5 nitrogen and oxygen atoms in total. The molecule has 1 N–H and O–H groups in total. The summed E-state index contributed by atoms with van der Waals surface area (Å²) in [7, 11) is 1.86. The summed E-state index contributed by atoms with van der Waals surface area (Å²) in [5.74, 6) is 0.117. The van der Waals surface area contributed by atoms with Gasteiger partial charge in [0.05, 0.1) is 11.4 Å². The van der Waals surface area contributed by atoms with E-state index >= 15 is 0 Å². The molecule has 1 heterocycles. The molecule has 0 fully saturated rings. The molecule has 0 atom stereocenters. The summed E-state index contributed by atoms with van der Waals surface area (Å²) in [5, 5.41) is 11.6. The molecule has 0 spiro atoms. The van der Waals surface area contributed by atoms with Gasteiger partial charge in [-0.1, -0.05) is 47.7 Å². The first-order valence-electron chi connectivity index (χ1n) is 8.09. The lowest BCUT2D eigenvalue weighted by Crippen LogP contribution is -2.15. The van der Waals surface area contributed by atoms with E-state index in [0.29, 0.717) is 5.16 Å². The maximum Gasteiger partial charge on any atom is 0.234 e. The zero-order chi connectivity index (χ0) is 18.7. The van der Waals surface area contributed by atoms with Gasteiger partial charge < -0.3 is 9.88 Å². The highest BCUT2D eigenvalue weighted by molar-refractivity contribution is 7.99. The summed E-state index contributed by atoms with van der Waals surface area (Å²) in [6.07, 6.45) is 0. The number of amides is 1. The van der Waals surface area contributed by atoms with Crippen LogP contribution in [0.4, 0.5) is 10.1 Å². The number of nitrogens with one attached hydrogen (secondary N) is 1. The second-order valence-electron chi connectivity index (χ2n) is 6.05. The molecule has 0 aliphatic heterocycles. The monoisotopic (exact) mass is 370 g/mol. The SMILES string of the molecule is Cc1ccc(-c2nnc(SCC(=O)Nc3ccc(C)cc3F)n2C)cc1. The number of hydrogen-bond acceptors (Lipinski definition) is 4. The lowest BCUT2D eigenvalue weighted by Gasteiger charge is -2.07. The number of carbonyl (C=O) groups is 1. The van der Waals surface area contributed by atoms with Crippen LogP contribution in [0.5, 0.6) is 0 Å². The summed E-state index contributed by atoms with van der Waals surface area (Å²) in [6.45, 7) is 3.82. The fraction of sp³-hybridized carbons (Fsp3) is 0.211. The molecule has 134 valence electrons. The molecule has 0 saturated carbocycles. The quantitative estimate of drug-likeness (QED) is 0.691. The Kier molecular flexibility index (Phi) is 5.37. The number of hydrogen-bond donors (Lipinski definition) is 1. The largest absolute Gasteiger partial charge is 0.323 e. The topological polar surface area (TPSA) is 59.8 Å². The first-order chi connectivity index (χ1) is 12.4. The van der Waals surface area contributed by atoms with Crippen molar-refractivity contribution in [1.29, 1.82) is 0 Å². The molecule has 7 heteroatoms. The Morgan fingerprint density at radius 3 is 2.50 bits per heavy atom. The van der Waals surface area contributed by atoms with Crippen LogP contribution in [0.1, 0.15) is 11.1 Å². The average molecular weight is 370 g/mol. The standard InChI is InChI=1S/C19H19FN4OS/c1-12-4-7-14(8-5-12)18-22-23-19(24(18)3)26-11-17(25)21-16-9-6-13(2)10-15(16)20/h4-10H,11H2,1-3H3,(H,21,25). The zero-order valence-electron chi connectivity index (χ0n) is 14.8. The highest BCUT2D eigenvalue weighted by Gasteiger charge is 2.14. The van der Waals surface area contributed by atoms with Gasteiger partial charge in [0.15, 0.2) is 11.0 Å². The third-order valence-electron chi connectivity index (χ3n) is 3.88. The minimum atomic E-state index is -0.441. The zero-order valence-corrected chi connectivity index (χ0v) is 15.6. The van der Waals surface area contributed by atoms with Gasteiger partial charge in [-0.15, -0.1) is 10.2 Å². The van der Waals surface area contributed by atoms with Crippen molar-refractivity contribution in [2.45, 2.75) is 19.0 Å². The number of rotatable bonds is 5. The van der Waals surface area contributed by atoms with Crippen LogP contribution in [0, 0.1) is 19.7 Å². The summed E-state index contributed by atoms with van der Waals surface area (Å²) in [5.41, 5.74) is 3.12. The van der Waals surface area contributed by atoms with Crippen LogP contribution in [-0.4, -0.2) is 26.4 Å². The number of nitrogens with zero attached hydrogens (tertiary/aromatic N) is 3. The van der Waals surface area contributed by atoms with E-state index in [2.05, 4.69) is 15.5 Å². The number of aryl methyl sites for hydroxylation is 2. The van der Waals surface area contributed by atoms with Crippen LogP contribution in [-0.2, 0) is 11.8 Å². The van der Waals surface area contributed by atoms with E-state index in [0.717, 1.165) is 17.0 Å². The molecule has 0 unspecified atom stereocenters. The van der Waals surface area contributed by atoms with Crippen molar-refractivity contribution in [3.63, 3.8) is 0 Å². The van der Waals surface area contributed by atoms with Gasteiger partial charge in [-0.25, -0.2) is 4.39 Å². The Balaban J connectivity index is 1.64. The molecule has 0 bridgehead atoms. The van der Waals surface area contributed by atoms with Crippen LogP contribution < -0.4 is 5.32 Å². The normalized spacial score (nSPS) is 10.8. The highest BCUT2D eigenvalue weighted by atomic mass is 32.2. The van der Waals surface area contributed by atoms with E-state index in [4.69, 9.17) is 0 Å². The Morgan fingerprint density at radius 1 is 1.12 bits per heavy atom. The van der Waals surface area contributed by atoms with Crippen LogP contribution in [0.2, 0.25) is 0 Å². The van der Waals surface area contributed by atoms with E-state index in [-0.39, 0.29) is 17.3 Å². The van der Waals surface area contributed by atoms with Crippen molar-refractivity contribution in [3.8, 4) is 11.4 Å². The van der Waals surface area contributed by atoms with E-state index < -0.39 is 5.82 Å². The summed E-state index contributed by atoms with van der Waals surface area (Å²) in [4.78, 5) is 12.1. The summed E-state index contributed by atoms with van der Waals surface area (Å²) in [6, 6.07) is 12.7. The molecule has 2 aromatic carbocycles. The fourth-order valence-electron chi connectivity index (χ4n) is 2.43. The Hall–Kier alpha value is -2.67. The van der Waals surface area contributed by atoms with Crippen molar-refractivity contribution >= 4 is 23.4 Å². The van der Waals surface area contributed by atoms with Gasteiger partial charge in [0.2, 0.25) is 5.91 Å². The number of benzene rings is 2. The Labute approximate surface area is 155 Å². The van der Waals surface area contributed by atoms with Crippen LogP contribution in [0.25, 0.3) is 11.4 Å². The van der Waals surface area contributed by atoms with Crippen molar-refractivity contribution < 1.29 is 9.18 Å². The molecule has 0 aliphatic carbocycles. The predicted octanol–water partition coefficient (Wildman–Crippen LogP) is 3.97. The molecular weight excluding hydrogens is 351 g/mol. The molecule has 3 rings (SSSR count). The first-order valence-corrected chi connectivity index (χ1v) is 9.08. The minimum Gasteiger partial charge on any atom is -0.323 e. The van der Waals surface area contributed by atoms with Gasteiger partial charge in [-0.05, 0) is 31.5 Å². The first kappa shape index (κ1) is 18.1. The van der Waals surface area contributed by atoms with Crippen molar-refractivity contribution in [2.75, 3.05) is 11.1 Å². The van der Waals surface area contributed by atoms with Crippen LogP contribution in [0.3, 0.4) is 0 Å². The lowest BCUT2D eigenvalue weighted by molar-refractivity contribution is -0.113. The van der Waals surface area contributed by atoms with E-state index in [1.54, 1.807) is 19.1 Å². The molecule has 1 amide bonds. The molecular formula is C19H19FN4OS.